The lowest BCUT2D eigenvalue weighted by Gasteiger charge is -2.19. The quantitative estimate of drug-likeness (QED) is 0.410. The number of nitrogens with one attached hydrogen (secondary N) is 2. The fourth-order valence-electron chi connectivity index (χ4n) is 4.77. The molecule has 0 spiro atoms. The zero-order valence-electron chi connectivity index (χ0n) is 20.9. The van der Waals surface area contributed by atoms with Crippen LogP contribution in [0.3, 0.4) is 0 Å². The standard InChI is InChI=1S/C28H34N4O3/c1-18(16-33)29-27(35)20-7-5-19(6-8-20)14-32(4)15-23-11-21(9-10-22(23)17-34)26-24-12-28(2,3)13-25(24)30-31-26/h5-11,17-18,33H,12-16H2,1-4H3,(H,29,35)(H,30,31)/t18-/m1/s1. The Morgan fingerprint density at radius 1 is 1.20 bits per heavy atom. The molecule has 1 amide bonds. The third-order valence-electron chi connectivity index (χ3n) is 6.57. The van der Waals surface area contributed by atoms with Gasteiger partial charge < -0.3 is 10.4 Å². The molecule has 2 aromatic carbocycles. The van der Waals surface area contributed by atoms with Gasteiger partial charge in [0.25, 0.3) is 5.91 Å². The van der Waals surface area contributed by atoms with Crippen molar-refractivity contribution >= 4 is 12.2 Å². The van der Waals surface area contributed by atoms with E-state index in [2.05, 4.69) is 40.3 Å². The van der Waals surface area contributed by atoms with E-state index in [4.69, 9.17) is 5.11 Å². The predicted molar refractivity (Wildman–Crippen MR) is 136 cm³/mol. The Balaban J connectivity index is 1.47. The molecule has 4 rings (SSSR count). The van der Waals surface area contributed by atoms with E-state index in [1.54, 1.807) is 19.1 Å². The summed E-state index contributed by atoms with van der Waals surface area (Å²) < 4.78 is 0. The van der Waals surface area contributed by atoms with Gasteiger partial charge in [0.05, 0.1) is 12.3 Å². The van der Waals surface area contributed by atoms with Crippen LogP contribution in [-0.4, -0.2) is 52.1 Å². The molecule has 0 radical (unpaired) electrons. The van der Waals surface area contributed by atoms with Gasteiger partial charge in [-0.2, -0.15) is 5.10 Å². The third-order valence-corrected chi connectivity index (χ3v) is 6.57. The van der Waals surface area contributed by atoms with Gasteiger partial charge in [-0.05, 0) is 61.6 Å². The number of H-pyrrole nitrogens is 1. The lowest BCUT2D eigenvalue weighted by atomic mass is 9.89. The molecule has 1 aliphatic carbocycles. The number of hydrogen-bond acceptors (Lipinski definition) is 5. The number of benzene rings is 2. The number of carbonyl (C=O) groups is 2. The molecule has 1 heterocycles. The van der Waals surface area contributed by atoms with E-state index in [0.717, 1.165) is 41.5 Å². The number of aromatic nitrogens is 2. The van der Waals surface area contributed by atoms with Crippen LogP contribution in [0, 0.1) is 5.41 Å². The van der Waals surface area contributed by atoms with Gasteiger partial charge in [-0.3, -0.25) is 19.6 Å². The number of aldehydes is 1. The van der Waals surface area contributed by atoms with E-state index in [1.165, 1.54) is 11.3 Å². The molecule has 1 aliphatic rings. The zero-order valence-corrected chi connectivity index (χ0v) is 20.9. The van der Waals surface area contributed by atoms with Crippen LogP contribution in [0.4, 0.5) is 0 Å². The van der Waals surface area contributed by atoms with E-state index >= 15 is 0 Å². The molecule has 0 unspecified atom stereocenters. The Bertz CT molecular complexity index is 1210. The first kappa shape index (κ1) is 24.8. The molecule has 0 aliphatic heterocycles. The molecule has 1 aromatic heterocycles. The second kappa shape index (κ2) is 10.1. The molecule has 35 heavy (non-hydrogen) atoms. The number of rotatable bonds is 9. The van der Waals surface area contributed by atoms with Gasteiger partial charge in [0, 0.05) is 47.1 Å². The molecule has 0 saturated carbocycles. The summed E-state index contributed by atoms with van der Waals surface area (Å²) in [4.78, 5) is 26.1. The normalized spacial score (nSPS) is 15.1. The van der Waals surface area contributed by atoms with Crippen LogP contribution in [-0.2, 0) is 25.9 Å². The van der Waals surface area contributed by atoms with Gasteiger partial charge in [0.2, 0.25) is 0 Å². The van der Waals surface area contributed by atoms with E-state index in [-0.39, 0.29) is 24.0 Å². The summed E-state index contributed by atoms with van der Waals surface area (Å²) in [5.74, 6) is -0.202. The van der Waals surface area contributed by atoms with Crippen LogP contribution in [0.1, 0.15) is 63.9 Å². The molecule has 184 valence electrons. The van der Waals surface area contributed by atoms with Gasteiger partial charge in [0.15, 0.2) is 0 Å². The maximum absolute atomic E-state index is 12.2. The highest BCUT2D eigenvalue weighted by Gasteiger charge is 2.32. The minimum atomic E-state index is -0.287. The van der Waals surface area contributed by atoms with Crippen molar-refractivity contribution in [2.24, 2.45) is 5.41 Å². The summed E-state index contributed by atoms with van der Waals surface area (Å²) in [6.45, 7) is 7.48. The van der Waals surface area contributed by atoms with Gasteiger partial charge in [-0.15, -0.1) is 0 Å². The third kappa shape index (κ3) is 5.69. The summed E-state index contributed by atoms with van der Waals surface area (Å²) in [7, 11) is 2.01. The van der Waals surface area contributed by atoms with Gasteiger partial charge in [-0.25, -0.2) is 0 Å². The molecule has 1 atom stereocenters. The monoisotopic (exact) mass is 474 g/mol. The second-order valence-electron chi connectivity index (χ2n) is 10.5. The van der Waals surface area contributed by atoms with Crippen LogP contribution < -0.4 is 5.32 Å². The highest BCUT2D eigenvalue weighted by Crippen LogP contribution is 2.40. The number of hydrogen-bond donors (Lipinski definition) is 3. The summed E-state index contributed by atoms with van der Waals surface area (Å²) in [5.41, 5.74) is 8.01. The summed E-state index contributed by atoms with van der Waals surface area (Å²) >= 11 is 0. The fourth-order valence-corrected chi connectivity index (χ4v) is 4.77. The molecule has 7 heteroatoms. The molecule has 3 aromatic rings. The second-order valence-corrected chi connectivity index (χ2v) is 10.5. The van der Waals surface area contributed by atoms with Gasteiger partial charge in [-0.1, -0.05) is 38.1 Å². The van der Waals surface area contributed by atoms with E-state index in [0.29, 0.717) is 24.2 Å². The van der Waals surface area contributed by atoms with Crippen molar-refractivity contribution in [1.29, 1.82) is 0 Å². The number of amides is 1. The summed E-state index contributed by atoms with van der Waals surface area (Å²) in [5, 5.41) is 19.7. The predicted octanol–water partition coefficient (Wildman–Crippen LogP) is 3.76. The minimum absolute atomic E-state index is 0.0980. The Morgan fingerprint density at radius 2 is 1.94 bits per heavy atom. The van der Waals surface area contributed by atoms with Crippen LogP contribution in [0.25, 0.3) is 11.3 Å². The zero-order chi connectivity index (χ0) is 25.2. The van der Waals surface area contributed by atoms with Crippen molar-refractivity contribution in [2.75, 3.05) is 13.7 Å². The Morgan fingerprint density at radius 3 is 2.63 bits per heavy atom. The number of aromatic amines is 1. The number of carbonyl (C=O) groups excluding carboxylic acids is 2. The largest absolute Gasteiger partial charge is 0.394 e. The van der Waals surface area contributed by atoms with Crippen LogP contribution in [0.2, 0.25) is 0 Å². The van der Waals surface area contributed by atoms with Crippen molar-refractivity contribution < 1.29 is 14.7 Å². The molecular formula is C28H34N4O3. The summed E-state index contributed by atoms with van der Waals surface area (Å²) in [6, 6.07) is 13.1. The number of fused-ring (bicyclic) bond motifs is 1. The fraction of sp³-hybridized carbons (Fsp3) is 0.393. The first-order valence-corrected chi connectivity index (χ1v) is 12.0. The Kier molecular flexibility index (Phi) is 7.19. The molecular weight excluding hydrogens is 440 g/mol. The minimum Gasteiger partial charge on any atom is -0.394 e. The number of aliphatic hydroxyl groups excluding tert-OH is 1. The molecule has 0 bridgehead atoms. The van der Waals surface area contributed by atoms with Crippen molar-refractivity contribution in [3.63, 3.8) is 0 Å². The van der Waals surface area contributed by atoms with Crippen molar-refractivity contribution in [2.45, 2.75) is 52.7 Å². The van der Waals surface area contributed by atoms with E-state index < -0.39 is 0 Å². The molecule has 7 nitrogen and oxygen atoms in total. The highest BCUT2D eigenvalue weighted by atomic mass is 16.3. The lowest BCUT2D eigenvalue weighted by Crippen LogP contribution is -2.34. The van der Waals surface area contributed by atoms with E-state index in [1.807, 2.05) is 31.3 Å². The molecule has 0 saturated heterocycles. The first-order chi connectivity index (χ1) is 16.7. The van der Waals surface area contributed by atoms with Gasteiger partial charge in [0.1, 0.15) is 6.29 Å². The van der Waals surface area contributed by atoms with Gasteiger partial charge >= 0.3 is 0 Å². The maximum atomic E-state index is 12.2. The van der Waals surface area contributed by atoms with Crippen molar-refractivity contribution in [3.05, 3.63) is 76.0 Å². The molecule has 3 N–H and O–H groups in total. The van der Waals surface area contributed by atoms with E-state index in [9.17, 15) is 9.59 Å². The average molecular weight is 475 g/mol. The number of nitrogens with zero attached hydrogens (tertiary/aromatic N) is 2. The molecule has 0 fully saturated rings. The summed E-state index contributed by atoms with van der Waals surface area (Å²) in [6.07, 6.45) is 2.90. The first-order valence-electron chi connectivity index (χ1n) is 12.0. The topological polar surface area (TPSA) is 98.3 Å². The Hall–Kier alpha value is -3.29. The van der Waals surface area contributed by atoms with Crippen LogP contribution >= 0.6 is 0 Å². The van der Waals surface area contributed by atoms with Crippen molar-refractivity contribution in [3.8, 4) is 11.3 Å². The lowest BCUT2D eigenvalue weighted by molar-refractivity contribution is 0.0922. The highest BCUT2D eigenvalue weighted by molar-refractivity contribution is 5.94. The van der Waals surface area contributed by atoms with Crippen LogP contribution in [0.15, 0.2) is 42.5 Å². The van der Waals surface area contributed by atoms with Crippen molar-refractivity contribution in [1.82, 2.24) is 20.4 Å². The Labute approximate surface area is 206 Å². The smallest absolute Gasteiger partial charge is 0.251 e. The number of aliphatic hydroxyl groups is 1. The van der Waals surface area contributed by atoms with Crippen LogP contribution in [0.5, 0.6) is 0 Å². The average Bonchev–Trinajstić information content (AvgIpc) is 3.34. The maximum Gasteiger partial charge on any atom is 0.251 e. The SMILES string of the molecule is C[C@H](CO)NC(=O)c1ccc(CN(C)Cc2cc(-c3n[nH]c4c3CC(C)(C)C4)ccc2C=O)cc1.